The average Bonchev–Trinajstić information content (AvgIpc) is 3.06. The Morgan fingerprint density at radius 3 is 2.35 bits per heavy atom. The summed E-state index contributed by atoms with van der Waals surface area (Å²) in [5.74, 6) is 0. The highest BCUT2D eigenvalue weighted by Crippen LogP contribution is 2.35. The summed E-state index contributed by atoms with van der Waals surface area (Å²) in [7, 11) is -1.39. The van der Waals surface area contributed by atoms with E-state index in [0.717, 1.165) is 5.69 Å². The maximum Gasteiger partial charge on any atom is 0.104 e. The van der Waals surface area contributed by atoms with Gasteiger partial charge >= 0.3 is 0 Å². The molecule has 2 heterocycles. The third-order valence-corrected chi connectivity index (χ3v) is 9.33. The Balaban J connectivity index is 1.62. The first-order chi connectivity index (χ1) is 14.7. The van der Waals surface area contributed by atoms with Gasteiger partial charge in [0.05, 0.1) is 5.69 Å². The van der Waals surface area contributed by atoms with Crippen LogP contribution < -0.4 is 5.19 Å². The van der Waals surface area contributed by atoms with Crippen molar-refractivity contribution in [2.45, 2.75) is 39.3 Å². The number of hydrogen-bond acceptors (Lipinski definition) is 1. The van der Waals surface area contributed by atoms with Crippen molar-refractivity contribution in [2.75, 3.05) is 0 Å². The van der Waals surface area contributed by atoms with E-state index in [1.165, 1.54) is 43.8 Å². The molecule has 0 aliphatic carbocycles. The van der Waals surface area contributed by atoms with Crippen molar-refractivity contribution in [3.05, 3.63) is 89.8 Å². The predicted octanol–water partition coefficient (Wildman–Crippen LogP) is 7.35. The molecular weight excluding hydrogens is 390 g/mol. The minimum absolute atomic E-state index is 0.0657. The van der Waals surface area contributed by atoms with Gasteiger partial charge in [-0.25, -0.2) is 0 Å². The minimum atomic E-state index is -1.39. The normalized spacial score (nSPS) is 14.7. The monoisotopic (exact) mass is 419 g/mol. The topological polar surface area (TPSA) is 12.9 Å². The Kier molecular flexibility index (Phi) is 4.53. The van der Waals surface area contributed by atoms with E-state index >= 15 is 0 Å². The molecule has 2 heteroatoms. The molecule has 1 aliphatic rings. The first kappa shape index (κ1) is 20.0. The van der Waals surface area contributed by atoms with Crippen LogP contribution in [-0.4, -0.2) is 13.1 Å². The molecule has 0 saturated heterocycles. The predicted molar refractivity (Wildman–Crippen MR) is 137 cm³/mol. The molecule has 0 bridgehead atoms. The lowest BCUT2D eigenvalue weighted by molar-refractivity contribution is 0.596. The molecule has 1 aliphatic heterocycles. The molecule has 0 unspecified atom stereocenters. The second kappa shape index (κ2) is 7.03. The fourth-order valence-electron chi connectivity index (χ4n) is 4.70. The van der Waals surface area contributed by atoms with Crippen LogP contribution in [0.4, 0.5) is 0 Å². The smallest absolute Gasteiger partial charge is 0.104 e. The largest absolute Gasteiger partial charge is 0.256 e. The summed E-state index contributed by atoms with van der Waals surface area (Å²) >= 11 is 0. The summed E-state index contributed by atoms with van der Waals surface area (Å²) in [4.78, 5) is 4.75. The molecule has 0 fully saturated rings. The van der Waals surface area contributed by atoms with Gasteiger partial charge in [-0.15, -0.1) is 0 Å². The molecule has 0 amide bonds. The van der Waals surface area contributed by atoms with Crippen molar-refractivity contribution in [2.24, 2.45) is 0 Å². The van der Waals surface area contributed by atoms with Crippen LogP contribution in [0.5, 0.6) is 0 Å². The molecule has 0 radical (unpaired) electrons. The van der Waals surface area contributed by atoms with E-state index < -0.39 is 8.07 Å². The number of nitrogens with zero attached hydrogens (tertiary/aromatic N) is 1. The van der Waals surface area contributed by atoms with Crippen molar-refractivity contribution in [1.82, 2.24) is 4.98 Å². The Morgan fingerprint density at radius 1 is 0.774 bits per heavy atom. The second-order valence-electron chi connectivity index (χ2n) is 10.3. The standard InChI is InChI=1S/C29H29NSi/c1-29(2,3)26-18-24(17-22-8-6-7-9-25(22)26)27-19-21(12-14-30-27)20-10-11-28-23(16-20)13-15-31(28,4)5/h6-19H,1-5H3. The number of rotatable bonds is 2. The molecule has 0 saturated carbocycles. The van der Waals surface area contributed by atoms with E-state index in [1.807, 2.05) is 6.20 Å². The van der Waals surface area contributed by atoms with Crippen LogP contribution in [0.3, 0.4) is 0 Å². The van der Waals surface area contributed by atoms with Gasteiger partial charge in [0.15, 0.2) is 0 Å². The van der Waals surface area contributed by atoms with Crippen LogP contribution in [0.1, 0.15) is 31.9 Å². The molecule has 1 aromatic heterocycles. The second-order valence-corrected chi connectivity index (χ2v) is 14.6. The molecule has 1 nitrogen and oxygen atoms in total. The molecule has 3 aromatic carbocycles. The van der Waals surface area contributed by atoms with E-state index in [9.17, 15) is 0 Å². The highest BCUT2D eigenvalue weighted by atomic mass is 28.3. The molecule has 4 aromatic rings. The van der Waals surface area contributed by atoms with Crippen LogP contribution >= 0.6 is 0 Å². The molecule has 31 heavy (non-hydrogen) atoms. The van der Waals surface area contributed by atoms with Gasteiger partial charge in [0.1, 0.15) is 8.07 Å². The zero-order valence-corrected chi connectivity index (χ0v) is 20.0. The van der Waals surface area contributed by atoms with Crippen LogP contribution in [-0.2, 0) is 5.41 Å². The van der Waals surface area contributed by atoms with Crippen LogP contribution in [0.15, 0.2) is 78.6 Å². The molecule has 154 valence electrons. The summed E-state index contributed by atoms with van der Waals surface area (Å²) in [5.41, 5.74) is 9.93. The van der Waals surface area contributed by atoms with Crippen LogP contribution in [0.25, 0.3) is 39.2 Å². The van der Waals surface area contributed by atoms with Gasteiger partial charge in [-0.2, -0.15) is 0 Å². The van der Waals surface area contributed by atoms with E-state index in [0.29, 0.717) is 0 Å². The van der Waals surface area contributed by atoms with Crippen LogP contribution in [0.2, 0.25) is 13.1 Å². The van der Waals surface area contributed by atoms with Crippen molar-refractivity contribution in [1.29, 1.82) is 0 Å². The zero-order chi connectivity index (χ0) is 21.8. The van der Waals surface area contributed by atoms with Gasteiger partial charge < -0.3 is 0 Å². The number of benzene rings is 3. The SMILES string of the molecule is CC(C)(C)c1cc(-c2cc(-c3ccc4c(c3)C=C[Si]4(C)C)ccn2)cc2ccccc12. The molecule has 0 atom stereocenters. The van der Waals surface area contributed by atoms with E-state index in [-0.39, 0.29) is 5.41 Å². The highest BCUT2D eigenvalue weighted by Gasteiger charge is 2.27. The zero-order valence-electron chi connectivity index (χ0n) is 19.0. The van der Waals surface area contributed by atoms with Gasteiger partial charge in [0.25, 0.3) is 0 Å². The summed E-state index contributed by atoms with van der Waals surface area (Å²) in [6.45, 7) is 11.7. The first-order valence-corrected chi connectivity index (χ1v) is 14.1. The lowest BCUT2D eigenvalue weighted by Crippen LogP contribution is -2.37. The van der Waals surface area contributed by atoms with Crippen molar-refractivity contribution < 1.29 is 0 Å². The van der Waals surface area contributed by atoms with E-state index in [4.69, 9.17) is 4.98 Å². The number of hydrogen-bond donors (Lipinski definition) is 0. The molecule has 0 spiro atoms. The quantitative estimate of drug-likeness (QED) is 0.310. The first-order valence-electron chi connectivity index (χ1n) is 11.1. The number of fused-ring (bicyclic) bond motifs is 2. The lowest BCUT2D eigenvalue weighted by Gasteiger charge is -2.22. The van der Waals surface area contributed by atoms with Gasteiger partial charge in [-0.3, -0.25) is 4.98 Å². The van der Waals surface area contributed by atoms with Crippen LogP contribution in [0, 0.1) is 0 Å². The number of pyridine rings is 1. The maximum atomic E-state index is 4.75. The third kappa shape index (κ3) is 3.55. The Labute approximate surface area is 186 Å². The van der Waals surface area contributed by atoms with E-state index in [2.05, 4.69) is 112 Å². The van der Waals surface area contributed by atoms with Gasteiger partial charge in [-0.1, -0.05) is 82.0 Å². The van der Waals surface area contributed by atoms with Gasteiger partial charge in [0.2, 0.25) is 0 Å². The van der Waals surface area contributed by atoms with Crippen molar-refractivity contribution >= 4 is 30.1 Å². The Hall–Kier alpha value is -2.97. The highest BCUT2D eigenvalue weighted by molar-refractivity contribution is 6.96. The Morgan fingerprint density at radius 2 is 1.55 bits per heavy atom. The summed E-state index contributed by atoms with van der Waals surface area (Å²) in [6, 6.07) is 24.6. The third-order valence-electron chi connectivity index (χ3n) is 6.48. The maximum absolute atomic E-state index is 4.75. The molecule has 5 rings (SSSR count). The van der Waals surface area contributed by atoms with Gasteiger partial charge in [0, 0.05) is 11.8 Å². The molecule has 0 N–H and O–H groups in total. The van der Waals surface area contributed by atoms with E-state index in [1.54, 1.807) is 0 Å². The minimum Gasteiger partial charge on any atom is -0.256 e. The average molecular weight is 420 g/mol. The summed E-state index contributed by atoms with van der Waals surface area (Å²) < 4.78 is 0. The lowest BCUT2D eigenvalue weighted by atomic mass is 9.82. The summed E-state index contributed by atoms with van der Waals surface area (Å²) in [5, 5.41) is 4.13. The summed E-state index contributed by atoms with van der Waals surface area (Å²) in [6.07, 6.45) is 4.25. The fourth-order valence-corrected chi connectivity index (χ4v) is 6.89. The van der Waals surface area contributed by atoms with Crippen molar-refractivity contribution in [3.8, 4) is 22.4 Å². The van der Waals surface area contributed by atoms with Gasteiger partial charge in [-0.05, 0) is 74.0 Å². The van der Waals surface area contributed by atoms with Crippen molar-refractivity contribution in [3.63, 3.8) is 0 Å². The molecular formula is C29H29NSi. The fraction of sp³-hybridized carbons (Fsp3) is 0.207. The number of aromatic nitrogens is 1. The Bertz CT molecular complexity index is 1340.